The Balaban J connectivity index is 0.00000210. The number of hydrogen-bond acceptors (Lipinski definition) is 5. The molecule has 0 spiro atoms. The van der Waals surface area contributed by atoms with Crippen molar-refractivity contribution in [3.8, 4) is 17.0 Å². The van der Waals surface area contributed by atoms with Crippen LogP contribution in [0.2, 0.25) is 0 Å². The number of ether oxygens (including phenoxy) is 1. The number of halogens is 1. The largest absolute Gasteiger partial charge is 0.496 e. The van der Waals surface area contributed by atoms with Gasteiger partial charge in [0.1, 0.15) is 11.4 Å². The maximum absolute atomic E-state index is 12.4. The van der Waals surface area contributed by atoms with Gasteiger partial charge in [0, 0.05) is 18.7 Å². The van der Waals surface area contributed by atoms with Gasteiger partial charge < -0.3 is 15.4 Å². The number of carbonyl (C=O) groups excluding carboxylic acids is 1. The van der Waals surface area contributed by atoms with Crippen LogP contribution in [0.15, 0.2) is 36.4 Å². The van der Waals surface area contributed by atoms with Crippen LogP contribution in [0, 0.1) is 0 Å². The fraction of sp³-hybridized carbons (Fsp3) is 0.278. The summed E-state index contributed by atoms with van der Waals surface area (Å²) in [4.78, 5) is 12.4. The van der Waals surface area contributed by atoms with Gasteiger partial charge in [0.25, 0.3) is 5.91 Å². The average Bonchev–Trinajstić information content (AvgIpc) is 3.33. The molecule has 3 heterocycles. The van der Waals surface area contributed by atoms with Crippen LogP contribution in [0.4, 0.5) is 0 Å². The van der Waals surface area contributed by atoms with E-state index >= 15 is 0 Å². The molecule has 0 aliphatic carbocycles. The smallest absolute Gasteiger partial charge is 0.269 e. The third-order valence-corrected chi connectivity index (χ3v) is 4.36. The lowest BCUT2D eigenvalue weighted by Crippen LogP contribution is -2.28. The van der Waals surface area contributed by atoms with E-state index in [2.05, 4.69) is 25.9 Å². The normalized spacial score (nSPS) is 12.8. The summed E-state index contributed by atoms with van der Waals surface area (Å²) >= 11 is 0. The van der Waals surface area contributed by atoms with Crippen molar-refractivity contribution in [3.05, 3.63) is 53.5 Å². The van der Waals surface area contributed by atoms with Gasteiger partial charge in [-0.2, -0.15) is 10.2 Å². The predicted molar refractivity (Wildman–Crippen MR) is 103 cm³/mol. The number of fused-ring (bicyclic) bond motifs is 1. The molecular weight excluding hydrogens is 368 g/mol. The Bertz CT molecular complexity index is 912. The number of methoxy groups -OCH3 is 1. The van der Waals surface area contributed by atoms with E-state index < -0.39 is 0 Å². The number of hydrogen-bond donors (Lipinski definition) is 3. The van der Waals surface area contributed by atoms with Gasteiger partial charge in [0.05, 0.1) is 37.3 Å². The molecule has 27 heavy (non-hydrogen) atoms. The Kier molecular flexibility index (Phi) is 5.78. The number of benzene rings is 1. The third-order valence-electron chi connectivity index (χ3n) is 4.36. The van der Waals surface area contributed by atoms with Gasteiger partial charge in [-0.3, -0.25) is 14.6 Å². The second-order valence-corrected chi connectivity index (χ2v) is 6.08. The van der Waals surface area contributed by atoms with Crippen molar-refractivity contribution in [2.45, 2.75) is 19.6 Å². The molecule has 1 amide bonds. The Morgan fingerprint density at radius 2 is 2.19 bits per heavy atom. The molecule has 0 bridgehead atoms. The van der Waals surface area contributed by atoms with Crippen LogP contribution in [0.5, 0.6) is 5.75 Å². The van der Waals surface area contributed by atoms with Gasteiger partial charge >= 0.3 is 0 Å². The Hall–Kier alpha value is -2.84. The average molecular weight is 389 g/mol. The molecule has 0 radical (unpaired) electrons. The molecular formula is C18H21ClN6O2. The second-order valence-electron chi connectivity index (χ2n) is 6.08. The summed E-state index contributed by atoms with van der Waals surface area (Å²) in [6, 6.07) is 11.3. The first-order chi connectivity index (χ1) is 12.7. The summed E-state index contributed by atoms with van der Waals surface area (Å²) in [6.45, 7) is 2.96. The van der Waals surface area contributed by atoms with Crippen LogP contribution in [-0.4, -0.2) is 39.5 Å². The topological polar surface area (TPSA) is 96.9 Å². The summed E-state index contributed by atoms with van der Waals surface area (Å²) in [5, 5.41) is 17.7. The van der Waals surface area contributed by atoms with Gasteiger partial charge in [-0.25, -0.2) is 0 Å². The molecule has 0 fully saturated rings. The van der Waals surface area contributed by atoms with Crippen molar-refractivity contribution >= 4 is 18.3 Å². The Morgan fingerprint density at radius 3 is 3.00 bits per heavy atom. The fourth-order valence-corrected chi connectivity index (χ4v) is 3.04. The van der Waals surface area contributed by atoms with Crippen LogP contribution in [0.3, 0.4) is 0 Å². The van der Waals surface area contributed by atoms with Gasteiger partial charge in [-0.05, 0) is 24.3 Å². The lowest BCUT2D eigenvalue weighted by molar-refractivity contribution is 0.0945. The highest BCUT2D eigenvalue weighted by Crippen LogP contribution is 2.28. The van der Waals surface area contributed by atoms with E-state index in [0.29, 0.717) is 23.7 Å². The summed E-state index contributed by atoms with van der Waals surface area (Å²) < 4.78 is 7.32. The molecule has 1 aliphatic rings. The standard InChI is InChI=1S/C18H20N6O2.ClH/c1-26-17-5-3-2-4-14(17)15-9-16(22-21-15)18(25)20-10-12-8-13-11-19-6-7-24(13)23-12;/h2-5,8-9,19H,6-7,10-11H2,1H3,(H,20,25)(H,21,22);1H. The van der Waals surface area contributed by atoms with Crippen molar-refractivity contribution in [3.63, 3.8) is 0 Å². The molecule has 8 nitrogen and oxygen atoms in total. The van der Waals surface area contributed by atoms with E-state index in [0.717, 1.165) is 36.6 Å². The first-order valence-corrected chi connectivity index (χ1v) is 8.48. The highest BCUT2D eigenvalue weighted by Gasteiger charge is 2.15. The van der Waals surface area contributed by atoms with E-state index in [1.807, 2.05) is 35.0 Å². The molecule has 9 heteroatoms. The minimum atomic E-state index is -0.220. The number of para-hydroxylation sites is 1. The van der Waals surface area contributed by atoms with Crippen molar-refractivity contribution in [2.75, 3.05) is 13.7 Å². The molecule has 142 valence electrons. The van der Waals surface area contributed by atoms with Crippen LogP contribution in [0.1, 0.15) is 21.9 Å². The number of rotatable bonds is 5. The van der Waals surface area contributed by atoms with Gasteiger partial charge in [0.2, 0.25) is 0 Å². The first kappa shape index (κ1) is 18.9. The molecule has 0 saturated heterocycles. The highest BCUT2D eigenvalue weighted by molar-refractivity contribution is 5.93. The molecule has 3 aromatic rings. The summed E-state index contributed by atoms with van der Waals surface area (Å²) in [7, 11) is 1.61. The van der Waals surface area contributed by atoms with E-state index in [9.17, 15) is 4.79 Å². The molecule has 2 aromatic heterocycles. The second kappa shape index (κ2) is 8.24. The highest BCUT2D eigenvalue weighted by atomic mass is 35.5. The van der Waals surface area contributed by atoms with Crippen LogP contribution < -0.4 is 15.4 Å². The number of nitrogens with zero attached hydrogens (tertiary/aromatic N) is 3. The first-order valence-electron chi connectivity index (χ1n) is 8.48. The minimum absolute atomic E-state index is 0. The molecule has 1 aliphatic heterocycles. The van der Waals surface area contributed by atoms with E-state index in [1.54, 1.807) is 13.2 Å². The molecule has 1 aromatic carbocycles. The molecule has 0 saturated carbocycles. The lowest BCUT2D eigenvalue weighted by atomic mass is 10.1. The van der Waals surface area contributed by atoms with Gasteiger partial charge in [0.15, 0.2) is 0 Å². The maximum atomic E-state index is 12.4. The van der Waals surface area contributed by atoms with E-state index in [-0.39, 0.29) is 18.3 Å². The summed E-state index contributed by atoms with van der Waals surface area (Å²) in [5.41, 5.74) is 3.88. The molecule has 3 N–H and O–H groups in total. The fourth-order valence-electron chi connectivity index (χ4n) is 3.04. The Morgan fingerprint density at radius 1 is 1.33 bits per heavy atom. The lowest BCUT2D eigenvalue weighted by Gasteiger charge is -2.13. The van der Waals surface area contributed by atoms with Crippen molar-refractivity contribution in [1.29, 1.82) is 0 Å². The number of H-pyrrole nitrogens is 1. The monoisotopic (exact) mass is 388 g/mol. The SMILES string of the molecule is COc1ccccc1-c1cc(C(=O)NCc2cc3n(n2)CCNC3)[nH]n1.Cl. The van der Waals surface area contributed by atoms with E-state index in [4.69, 9.17) is 4.74 Å². The van der Waals surface area contributed by atoms with Crippen LogP contribution >= 0.6 is 12.4 Å². The van der Waals surface area contributed by atoms with Crippen molar-refractivity contribution in [1.82, 2.24) is 30.6 Å². The quantitative estimate of drug-likeness (QED) is 0.618. The number of amides is 1. The summed E-state index contributed by atoms with van der Waals surface area (Å²) in [6.07, 6.45) is 0. The number of aromatic amines is 1. The zero-order valence-corrected chi connectivity index (χ0v) is 15.7. The summed E-state index contributed by atoms with van der Waals surface area (Å²) in [5.74, 6) is 0.492. The maximum Gasteiger partial charge on any atom is 0.269 e. The van der Waals surface area contributed by atoms with Gasteiger partial charge in [-0.15, -0.1) is 12.4 Å². The number of nitrogens with one attached hydrogen (secondary N) is 3. The zero-order valence-electron chi connectivity index (χ0n) is 14.9. The third kappa shape index (κ3) is 3.96. The van der Waals surface area contributed by atoms with Crippen molar-refractivity contribution < 1.29 is 9.53 Å². The Labute approximate surface area is 162 Å². The number of aromatic nitrogens is 4. The predicted octanol–water partition coefficient (Wildman–Crippen LogP) is 1.74. The minimum Gasteiger partial charge on any atom is -0.496 e. The van der Waals surface area contributed by atoms with Crippen molar-refractivity contribution in [2.24, 2.45) is 0 Å². The molecule has 0 atom stereocenters. The van der Waals surface area contributed by atoms with Crippen LogP contribution in [0.25, 0.3) is 11.3 Å². The molecule has 0 unspecified atom stereocenters. The number of carbonyl (C=O) groups is 1. The zero-order chi connectivity index (χ0) is 17.9. The van der Waals surface area contributed by atoms with E-state index in [1.165, 1.54) is 0 Å². The van der Waals surface area contributed by atoms with Gasteiger partial charge in [-0.1, -0.05) is 12.1 Å². The van der Waals surface area contributed by atoms with Crippen LogP contribution in [-0.2, 0) is 19.6 Å². The molecule has 4 rings (SSSR count).